The van der Waals surface area contributed by atoms with E-state index in [9.17, 15) is 4.79 Å². The zero-order chi connectivity index (χ0) is 15.9. The van der Waals surface area contributed by atoms with Crippen LogP contribution in [0.1, 0.15) is 44.7 Å². The molecule has 1 unspecified atom stereocenters. The Bertz CT molecular complexity index is 455. The SMILES string of the molecule is CCN(CC)C(CNC(=O)[C@@H]1CCC[C@@H]1CN)c1ccsc1.Cl.Cl. The first-order valence-corrected chi connectivity index (χ1v) is 9.39. The van der Waals surface area contributed by atoms with Crippen LogP contribution >= 0.6 is 36.2 Å². The summed E-state index contributed by atoms with van der Waals surface area (Å²) in [7, 11) is 0. The Morgan fingerprint density at radius 2 is 2.08 bits per heavy atom. The van der Waals surface area contributed by atoms with Crippen molar-refractivity contribution in [2.24, 2.45) is 17.6 Å². The Morgan fingerprint density at radius 3 is 2.62 bits per heavy atom. The van der Waals surface area contributed by atoms with Crippen molar-refractivity contribution in [2.45, 2.75) is 39.2 Å². The molecule has 1 amide bonds. The topological polar surface area (TPSA) is 58.4 Å². The van der Waals surface area contributed by atoms with Crippen LogP contribution in [0.15, 0.2) is 16.8 Å². The Labute approximate surface area is 162 Å². The first-order valence-electron chi connectivity index (χ1n) is 8.45. The molecule has 3 atom stereocenters. The van der Waals surface area contributed by atoms with E-state index in [0.29, 0.717) is 19.0 Å². The molecule has 1 fully saturated rings. The minimum atomic E-state index is 0. The van der Waals surface area contributed by atoms with Crippen molar-refractivity contribution in [1.82, 2.24) is 10.2 Å². The number of hydrogen-bond acceptors (Lipinski definition) is 4. The number of carbonyl (C=O) groups excluding carboxylic acids is 1. The van der Waals surface area contributed by atoms with Crippen LogP contribution in [0.5, 0.6) is 0 Å². The van der Waals surface area contributed by atoms with Gasteiger partial charge in [-0.25, -0.2) is 0 Å². The number of halogens is 2. The molecule has 4 nitrogen and oxygen atoms in total. The molecule has 7 heteroatoms. The molecular formula is C17H31Cl2N3OS. The van der Waals surface area contributed by atoms with Gasteiger partial charge >= 0.3 is 0 Å². The fourth-order valence-electron chi connectivity index (χ4n) is 3.58. The highest BCUT2D eigenvalue weighted by Crippen LogP contribution is 2.31. The molecule has 3 N–H and O–H groups in total. The fraction of sp³-hybridized carbons (Fsp3) is 0.706. The minimum absolute atomic E-state index is 0. The van der Waals surface area contributed by atoms with Gasteiger partial charge in [-0.1, -0.05) is 20.3 Å². The lowest BCUT2D eigenvalue weighted by molar-refractivity contribution is -0.126. The van der Waals surface area contributed by atoms with Crippen LogP contribution in [-0.4, -0.2) is 37.0 Å². The summed E-state index contributed by atoms with van der Waals surface area (Å²) in [5.41, 5.74) is 7.10. The highest BCUT2D eigenvalue weighted by atomic mass is 35.5. The molecule has 1 saturated carbocycles. The molecule has 140 valence electrons. The van der Waals surface area contributed by atoms with E-state index in [1.165, 1.54) is 5.56 Å². The van der Waals surface area contributed by atoms with Crippen LogP contribution in [-0.2, 0) is 4.79 Å². The number of amides is 1. The van der Waals surface area contributed by atoms with Crippen LogP contribution in [0.25, 0.3) is 0 Å². The van der Waals surface area contributed by atoms with E-state index in [-0.39, 0.29) is 42.7 Å². The lowest BCUT2D eigenvalue weighted by atomic mass is 9.95. The van der Waals surface area contributed by atoms with E-state index in [4.69, 9.17) is 5.73 Å². The standard InChI is InChI=1S/C17H29N3OS.2ClH/c1-3-20(4-2)16(14-8-9-22-12-14)11-19-17(21)15-7-5-6-13(15)10-18;;/h8-9,12-13,15-16H,3-7,10-11,18H2,1-2H3,(H,19,21);2*1H/t13-,15-,16?;;/m1../s1. The Balaban J connectivity index is 0.00000264. The number of carbonyl (C=O) groups is 1. The first-order chi connectivity index (χ1) is 10.7. The second-order valence-corrected chi connectivity index (χ2v) is 6.85. The van der Waals surface area contributed by atoms with E-state index >= 15 is 0 Å². The van der Waals surface area contributed by atoms with E-state index in [1.54, 1.807) is 11.3 Å². The number of nitrogens with two attached hydrogens (primary N) is 1. The van der Waals surface area contributed by atoms with Gasteiger partial charge in [0.15, 0.2) is 0 Å². The molecule has 0 bridgehead atoms. The van der Waals surface area contributed by atoms with Gasteiger partial charge in [0.25, 0.3) is 0 Å². The molecule has 0 saturated heterocycles. The van der Waals surface area contributed by atoms with Gasteiger partial charge in [-0.05, 0) is 60.8 Å². The molecule has 0 radical (unpaired) electrons. The first kappa shape index (κ1) is 23.7. The van der Waals surface area contributed by atoms with Crippen molar-refractivity contribution in [2.75, 3.05) is 26.2 Å². The highest BCUT2D eigenvalue weighted by molar-refractivity contribution is 7.07. The predicted molar refractivity (Wildman–Crippen MR) is 107 cm³/mol. The lowest BCUT2D eigenvalue weighted by Crippen LogP contribution is -2.41. The maximum atomic E-state index is 12.5. The van der Waals surface area contributed by atoms with Gasteiger partial charge < -0.3 is 11.1 Å². The van der Waals surface area contributed by atoms with Gasteiger partial charge in [-0.2, -0.15) is 11.3 Å². The van der Waals surface area contributed by atoms with Crippen molar-refractivity contribution in [3.05, 3.63) is 22.4 Å². The van der Waals surface area contributed by atoms with E-state index in [2.05, 4.69) is 40.9 Å². The Morgan fingerprint density at radius 1 is 1.38 bits per heavy atom. The van der Waals surface area contributed by atoms with Crippen LogP contribution in [0.4, 0.5) is 0 Å². The average Bonchev–Trinajstić information content (AvgIpc) is 3.21. The van der Waals surface area contributed by atoms with E-state index in [1.807, 2.05) is 0 Å². The second-order valence-electron chi connectivity index (χ2n) is 6.07. The van der Waals surface area contributed by atoms with Crippen molar-refractivity contribution in [1.29, 1.82) is 0 Å². The number of rotatable bonds is 8. The monoisotopic (exact) mass is 395 g/mol. The normalized spacial score (nSPS) is 21.0. The molecule has 1 heterocycles. The molecule has 2 rings (SSSR count). The fourth-order valence-corrected chi connectivity index (χ4v) is 4.29. The summed E-state index contributed by atoms with van der Waals surface area (Å²) in [4.78, 5) is 14.9. The molecule has 1 aliphatic rings. The summed E-state index contributed by atoms with van der Waals surface area (Å²) < 4.78 is 0. The molecule has 1 aromatic rings. The third kappa shape index (κ3) is 5.88. The van der Waals surface area contributed by atoms with Gasteiger partial charge in [-0.3, -0.25) is 9.69 Å². The van der Waals surface area contributed by atoms with Crippen molar-refractivity contribution in [3.8, 4) is 0 Å². The minimum Gasteiger partial charge on any atom is -0.354 e. The molecule has 0 aliphatic heterocycles. The van der Waals surface area contributed by atoms with Crippen LogP contribution in [0.3, 0.4) is 0 Å². The Kier molecular flexibility index (Phi) is 11.9. The molecule has 0 spiro atoms. The average molecular weight is 396 g/mol. The second kappa shape index (κ2) is 12.1. The molecule has 24 heavy (non-hydrogen) atoms. The summed E-state index contributed by atoms with van der Waals surface area (Å²) in [5, 5.41) is 7.49. The summed E-state index contributed by atoms with van der Waals surface area (Å²) in [5.74, 6) is 0.679. The Hall–Kier alpha value is -0.330. The van der Waals surface area contributed by atoms with E-state index < -0.39 is 0 Å². The van der Waals surface area contributed by atoms with Gasteiger partial charge in [0.1, 0.15) is 0 Å². The zero-order valence-electron chi connectivity index (χ0n) is 14.6. The number of nitrogens with one attached hydrogen (secondary N) is 1. The smallest absolute Gasteiger partial charge is 0.223 e. The number of thiophene rings is 1. The largest absolute Gasteiger partial charge is 0.354 e. The molecular weight excluding hydrogens is 365 g/mol. The van der Waals surface area contributed by atoms with Crippen LogP contribution in [0.2, 0.25) is 0 Å². The summed E-state index contributed by atoms with van der Waals surface area (Å²) >= 11 is 1.71. The highest BCUT2D eigenvalue weighted by Gasteiger charge is 2.32. The third-order valence-electron chi connectivity index (χ3n) is 4.95. The van der Waals surface area contributed by atoms with Gasteiger partial charge in [0.05, 0.1) is 6.04 Å². The number of likely N-dealkylation sites (N-methyl/N-ethyl adjacent to an activating group) is 1. The third-order valence-corrected chi connectivity index (χ3v) is 5.65. The maximum absolute atomic E-state index is 12.5. The number of hydrogen-bond donors (Lipinski definition) is 2. The van der Waals surface area contributed by atoms with Crippen molar-refractivity contribution < 1.29 is 4.79 Å². The van der Waals surface area contributed by atoms with Crippen LogP contribution in [0, 0.1) is 11.8 Å². The van der Waals surface area contributed by atoms with Gasteiger partial charge in [-0.15, -0.1) is 24.8 Å². The van der Waals surface area contributed by atoms with Gasteiger partial charge in [0, 0.05) is 12.5 Å². The predicted octanol–water partition coefficient (Wildman–Crippen LogP) is 3.47. The summed E-state index contributed by atoms with van der Waals surface area (Å²) in [6, 6.07) is 2.43. The summed E-state index contributed by atoms with van der Waals surface area (Å²) in [6.07, 6.45) is 3.21. The van der Waals surface area contributed by atoms with Gasteiger partial charge in [0.2, 0.25) is 5.91 Å². The molecule has 1 aliphatic carbocycles. The van der Waals surface area contributed by atoms with Crippen molar-refractivity contribution in [3.63, 3.8) is 0 Å². The molecule has 1 aromatic heterocycles. The lowest BCUT2D eigenvalue weighted by Gasteiger charge is -2.30. The quantitative estimate of drug-likeness (QED) is 0.708. The molecule has 0 aromatic carbocycles. The number of nitrogens with zero attached hydrogens (tertiary/aromatic N) is 1. The van der Waals surface area contributed by atoms with Crippen molar-refractivity contribution >= 4 is 42.1 Å². The van der Waals surface area contributed by atoms with Crippen LogP contribution < -0.4 is 11.1 Å². The summed E-state index contributed by atoms with van der Waals surface area (Å²) in [6.45, 7) is 7.63. The van der Waals surface area contributed by atoms with E-state index in [0.717, 1.165) is 32.4 Å². The zero-order valence-corrected chi connectivity index (χ0v) is 17.0. The maximum Gasteiger partial charge on any atom is 0.223 e.